The number of fused-ring (bicyclic) bond motifs is 9. The van der Waals surface area contributed by atoms with Gasteiger partial charge in [0, 0.05) is 33.0 Å². The minimum atomic E-state index is -0.128. The fourth-order valence-electron chi connectivity index (χ4n) is 8.04. The molecule has 226 valence electrons. The molecule has 0 spiro atoms. The van der Waals surface area contributed by atoms with Crippen molar-refractivity contribution in [1.82, 2.24) is 14.5 Å². The summed E-state index contributed by atoms with van der Waals surface area (Å²) < 4.78 is 2.43. The highest BCUT2D eigenvalue weighted by Gasteiger charge is 2.37. The Labute approximate surface area is 278 Å². The molecule has 0 aliphatic heterocycles. The van der Waals surface area contributed by atoms with E-state index in [1.807, 2.05) is 30.3 Å². The van der Waals surface area contributed by atoms with E-state index < -0.39 is 0 Å². The average molecular weight is 614 g/mol. The molecule has 0 bridgehead atoms. The highest BCUT2D eigenvalue weighted by atomic mass is 15.0. The summed E-state index contributed by atoms with van der Waals surface area (Å²) in [5.74, 6) is 0. The van der Waals surface area contributed by atoms with Crippen LogP contribution in [0.15, 0.2) is 152 Å². The maximum atomic E-state index is 5.21. The second-order valence-electron chi connectivity index (χ2n) is 13.4. The molecule has 0 unspecified atom stereocenters. The number of para-hydroxylation sites is 3. The third-order valence-electron chi connectivity index (χ3n) is 10.4. The van der Waals surface area contributed by atoms with Crippen molar-refractivity contribution in [2.75, 3.05) is 0 Å². The molecule has 1 aliphatic carbocycles. The number of benzene rings is 7. The monoisotopic (exact) mass is 613 g/mol. The molecule has 3 heteroatoms. The van der Waals surface area contributed by atoms with Gasteiger partial charge in [0.15, 0.2) is 0 Å². The molecule has 0 amide bonds. The Kier molecular flexibility index (Phi) is 5.63. The second-order valence-corrected chi connectivity index (χ2v) is 13.4. The highest BCUT2D eigenvalue weighted by molar-refractivity contribution is 6.13. The van der Waals surface area contributed by atoms with Crippen molar-refractivity contribution in [3.05, 3.63) is 163 Å². The van der Waals surface area contributed by atoms with Crippen molar-refractivity contribution in [2.45, 2.75) is 19.3 Å². The molecule has 0 radical (unpaired) electrons. The van der Waals surface area contributed by atoms with Crippen molar-refractivity contribution < 1.29 is 0 Å². The number of aromatic nitrogens is 3. The maximum Gasteiger partial charge on any atom is 0.0973 e. The molecule has 0 N–H and O–H groups in total. The van der Waals surface area contributed by atoms with Crippen LogP contribution in [0.4, 0.5) is 0 Å². The first-order valence-electron chi connectivity index (χ1n) is 16.6. The van der Waals surface area contributed by atoms with E-state index in [1.165, 1.54) is 54.8 Å². The number of hydrogen-bond acceptors (Lipinski definition) is 2. The lowest BCUT2D eigenvalue weighted by molar-refractivity contribution is 0.661. The van der Waals surface area contributed by atoms with Gasteiger partial charge >= 0.3 is 0 Å². The molecule has 48 heavy (non-hydrogen) atoms. The van der Waals surface area contributed by atoms with E-state index in [4.69, 9.17) is 9.97 Å². The van der Waals surface area contributed by atoms with Crippen LogP contribution in [0.25, 0.3) is 82.9 Å². The van der Waals surface area contributed by atoms with Crippen LogP contribution in [0.2, 0.25) is 0 Å². The van der Waals surface area contributed by atoms with Gasteiger partial charge in [0.05, 0.1) is 33.5 Å². The van der Waals surface area contributed by atoms with Gasteiger partial charge in [0.2, 0.25) is 0 Å². The van der Waals surface area contributed by atoms with Crippen molar-refractivity contribution in [3.63, 3.8) is 0 Å². The Morgan fingerprint density at radius 1 is 0.479 bits per heavy atom. The van der Waals surface area contributed by atoms with E-state index >= 15 is 0 Å². The summed E-state index contributed by atoms with van der Waals surface area (Å²) in [6.07, 6.45) is 0. The molecule has 0 fully saturated rings. The summed E-state index contributed by atoms with van der Waals surface area (Å²) >= 11 is 0. The summed E-state index contributed by atoms with van der Waals surface area (Å²) in [5.41, 5.74) is 14.5. The summed E-state index contributed by atoms with van der Waals surface area (Å²) in [5, 5.41) is 5.12. The number of hydrogen-bond donors (Lipinski definition) is 0. The third kappa shape index (κ3) is 3.82. The third-order valence-corrected chi connectivity index (χ3v) is 10.4. The topological polar surface area (TPSA) is 30.7 Å². The molecule has 2 heterocycles. The van der Waals surface area contributed by atoms with Crippen LogP contribution in [0.1, 0.15) is 25.0 Å². The molecule has 0 saturated heterocycles. The van der Waals surface area contributed by atoms with E-state index in [9.17, 15) is 0 Å². The van der Waals surface area contributed by atoms with Crippen molar-refractivity contribution in [1.29, 1.82) is 0 Å². The van der Waals surface area contributed by atoms with Gasteiger partial charge < -0.3 is 4.57 Å². The molecular weight excluding hydrogens is 583 g/mol. The molecule has 3 nitrogen and oxygen atoms in total. The molecule has 7 aromatic carbocycles. The van der Waals surface area contributed by atoms with Crippen molar-refractivity contribution >= 4 is 43.6 Å². The zero-order valence-corrected chi connectivity index (χ0v) is 26.8. The Morgan fingerprint density at radius 3 is 1.96 bits per heavy atom. The second kappa shape index (κ2) is 9.97. The fourth-order valence-corrected chi connectivity index (χ4v) is 8.04. The Balaban J connectivity index is 1.23. The molecule has 0 atom stereocenters. The van der Waals surface area contributed by atoms with Gasteiger partial charge in [-0.1, -0.05) is 123 Å². The molecule has 0 saturated carbocycles. The maximum absolute atomic E-state index is 5.21. The summed E-state index contributed by atoms with van der Waals surface area (Å²) in [6.45, 7) is 4.74. The standard InChI is InChI=1S/C45H31N3/c1-45(2)36-24-23-28-13-6-7-18-32(28)42(36)35-26-34-33-19-8-11-22-40(33)48(41(34)27-37(35)45)31-17-12-16-30(25-31)44-43(29-14-4-3-5-15-29)46-38-20-9-10-21-39(38)47-44/h3-27H,1-2H3. The van der Waals surface area contributed by atoms with Gasteiger partial charge in [-0.25, -0.2) is 9.97 Å². The summed E-state index contributed by atoms with van der Waals surface area (Å²) in [4.78, 5) is 10.4. The molecule has 2 aromatic heterocycles. The van der Waals surface area contributed by atoms with Crippen LogP contribution in [0.3, 0.4) is 0 Å². The van der Waals surface area contributed by atoms with Crippen molar-refractivity contribution in [3.8, 4) is 39.3 Å². The summed E-state index contributed by atoms with van der Waals surface area (Å²) in [6, 6.07) is 54.4. The van der Waals surface area contributed by atoms with Crippen molar-refractivity contribution in [2.24, 2.45) is 0 Å². The Bertz CT molecular complexity index is 2750. The Hall–Kier alpha value is -6.06. The van der Waals surface area contributed by atoms with Crippen LogP contribution in [-0.2, 0) is 5.41 Å². The summed E-state index contributed by atoms with van der Waals surface area (Å²) in [7, 11) is 0. The van der Waals surface area contributed by atoms with Crippen LogP contribution in [0, 0.1) is 0 Å². The minimum Gasteiger partial charge on any atom is -0.309 e. The highest BCUT2D eigenvalue weighted by Crippen LogP contribution is 2.53. The first-order chi connectivity index (χ1) is 23.6. The number of rotatable bonds is 3. The predicted molar refractivity (Wildman–Crippen MR) is 200 cm³/mol. The van der Waals surface area contributed by atoms with E-state index in [1.54, 1.807) is 0 Å². The predicted octanol–water partition coefficient (Wildman–Crippen LogP) is 11.5. The normalized spacial score (nSPS) is 13.4. The Morgan fingerprint density at radius 2 is 1.15 bits per heavy atom. The molecular formula is C45H31N3. The van der Waals surface area contributed by atoms with E-state index in [2.05, 4.69) is 140 Å². The van der Waals surface area contributed by atoms with Gasteiger partial charge in [-0.15, -0.1) is 0 Å². The zero-order valence-electron chi connectivity index (χ0n) is 26.8. The lowest BCUT2D eigenvalue weighted by Crippen LogP contribution is -2.15. The van der Waals surface area contributed by atoms with Gasteiger partial charge in [0.25, 0.3) is 0 Å². The van der Waals surface area contributed by atoms with Gasteiger partial charge in [-0.2, -0.15) is 0 Å². The fraction of sp³-hybridized carbons (Fsp3) is 0.0667. The van der Waals surface area contributed by atoms with Crippen LogP contribution < -0.4 is 0 Å². The molecule has 10 rings (SSSR count). The molecule has 9 aromatic rings. The van der Waals surface area contributed by atoms with Gasteiger partial charge in [-0.05, 0) is 75.5 Å². The van der Waals surface area contributed by atoms with Crippen LogP contribution >= 0.6 is 0 Å². The van der Waals surface area contributed by atoms with E-state index in [-0.39, 0.29) is 5.41 Å². The zero-order chi connectivity index (χ0) is 32.0. The smallest absolute Gasteiger partial charge is 0.0973 e. The largest absolute Gasteiger partial charge is 0.309 e. The minimum absolute atomic E-state index is 0.128. The van der Waals surface area contributed by atoms with E-state index in [0.29, 0.717) is 0 Å². The average Bonchev–Trinajstić information content (AvgIpc) is 3.58. The van der Waals surface area contributed by atoms with Crippen LogP contribution in [-0.4, -0.2) is 14.5 Å². The van der Waals surface area contributed by atoms with E-state index in [0.717, 1.165) is 39.2 Å². The lowest BCUT2D eigenvalue weighted by Gasteiger charge is -2.22. The number of nitrogens with zero attached hydrogens (tertiary/aromatic N) is 3. The van der Waals surface area contributed by atoms with Crippen LogP contribution in [0.5, 0.6) is 0 Å². The lowest BCUT2D eigenvalue weighted by atomic mass is 9.82. The first-order valence-corrected chi connectivity index (χ1v) is 16.6. The molecule has 1 aliphatic rings. The van der Waals surface area contributed by atoms with Gasteiger partial charge in [-0.3, -0.25) is 0 Å². The quantitative estimate of drug-likeness (QED) is 0.198. The first kappa shape index (κ1) is 27.1. The van der Waals surface area contributed by atoms with Gasteiger partial charge in [0.1, 0.15) is 0 Å². The SMILES string of the molecule is CC1(C)c2cc3c(cc2-c2c1ccc1ccccc21)c1ccccc1n3-c1cccc(-c2nc3ccccc3nc2-c2ccccc2)c1.